The predicted octanol–water partition coefficient (Wildman–Crippen LogP) is 2.76. The number of sulfone groups is 1. The second-order valence-electron chi connectivity index (χ2n) is 8.59. The molecule has 188 valence electrons. The Labute approximate surface area is 204 Å². The first-order valence-corrected chi connectivity index (χ1v) is 13.1. The second kappa shape index (κ2) is 9.73. The number of halogens is 1. The zero-order chi connectivity index (χ0) is 25.3. The minimum atomic E-state index is -3.12. The average Bonchev–Trinajstić information content (AvgIpc) is 2.99. The molecule has 2 aromatic rings. The van der Waals surface area contributed by atoms with Gasteiger partial charge in [0.15, 0.2) is 27.2 Å². The smallest absolute Gasteiger partial charge is 0.337 e. The zero-order valence-corrected chi connectivity index (χ0v) is 21.0. The molecule has 2 aromatic carbocycles. The van der Waals surface area contributed by atoms with E-state index < -0.39 is 27.7 Å². The molecule has 1 unspecified atom stereocenters. The lowest BCUT2D eigenvalue weighted by atomic mass is 9.93. The number of anilines is 1. The van der Waals surface area contributed by atoms with Crippen LogP contribution in [0.5, 0.6) is 11.5 Å². The maximum atomic E-state index is 15.6. The fourth-order valence-corrected chi connectivity index (χ4v) is 5.94. The van der Waals surface area contributed by atoms with Crippen molar-refractivity contribution in [1.82, 2.24) is 10.3 Å². The van der Waals surface area contributed by atoms with Gasteiger partial charge in [0, 0.05) is 36.0 Å². The second-order valence-corrected chi connectivity index (χ2v) is 10.7. The molecular weight excluding hydrogens is 475 g/mol. The number of hydrogen-bond acceptors (Lipinski definition) is 7. The molecule has 0 aliphatic carbocycles. The zero-order valence-electron chi connectivity index (χ0n) is 20.2. The number of methoxy groups -OCH3 is 2. The number of nitrogens with zero attached hydrogens (tertiary/aromatic N) is 3. The molecule has 35 heavy (non-hydrogen) atoms. The molecule has 0 spiro atoms. The van der Waals surface area contributed by atoms with Gasteiger partial charge >= 0.3 is 6.03 Å². The molecule has 2 amide bonds. The predicted molar refractivity (Wildman–Crippen MR) is 132 cm³/mol. The van der Waals surface area contributed by atoms with Gasteiger partial charge in [0.1, 0.15) is 5.88 Å². The van der Waals surface area contributed by atoms with Crippen molar-refractivity contribution in [1.29, 1.82) is 0 Å². The fourth-order valence-electron chi connectivity index (χ4n) is 4.49. The van der Waals surface area contributed by atoms with Crippen LogP contribution in [0.2, 0.25) is 0 Å². The van der Waals surface area contributed by atoms with Crippen molar-refractivity contribution in [2.75, 3.05) is 44.3 Å². The van der Waals surface area contributed by atoms with E-state index in [1.54, 1.807) is 25.1 Å². The third kappa shape index (κ3) is 4.77. The molecule has 1 saturated heterocycles. The van der Waals surface area contributed by atoms with Crippen LogP contribution in [0.25, 0.3) is 0 Å². The number of ether oxygens (including phenoxy) is 2. The maximum Gasteiger partial charge on any atom is 0.337 e. The molecule has 9 nitrogen and oxygen atoms in total. The summed E-state index contributed by atoms with van der Waals surface area (Å²) in [5.41, 5.74) is 2.66. The van der Waals surface area contributed by atoms with E-state index in [1.165, 1.54) is 26.3 Å². The van der Waals surface area contributed by atoms with Crippen LogP contribution < -0.4 is 19.7 Å². The summed E-state index contributed by atoms with van der Waals surface area (Å²) in [6.07, 6.45) is 0.787. The number of hydrogen-bond donors (Lipinski definition) is 1. The van der Waals surface area contributed by atoms with Crippen molar-refractivity contribution < 1.29 is 27.1 Å². The van der Waals surface area contributed by atoms with E-state index in [2.05, 4.69) is 10.4 Å². The summed E-state index contributed by atoms with van der Waals surface area (Å²) in [4.78, 5) is 14.4. The Morgan fingerprint density at radius 1 is 1.20 bits per heavy atom. The number of urea groups is 1. The molecule has 11 heteroatoms. The summed E-state index contributed by atoms with van der Waals surface area (Å²) in [5, 5.41) is 8.53. The number of amides is 2. The number of rotatable bonds is 4. The normalized spacial score (nSPS) is 19.3. The number of nitrogens with one attached hydrogen (secondary N) is 1. The first-order valence-electron chi connectivity index (χ1n) is 11.3. The van der Waals surface area contributed by atoms with Crippen molar-refractivity contribution in [2.45, 2.75) is 25.8 Å². The van der Waals surface area contributed by atoms with Gasteiger partial charge in [0.2, 0.25) is 0 Å². The van der Waals surface area contributed by atoms with E-state index in [1.807, 2.05) is 17.0 Å². The van der Waals surface area contributed by atoms with Gasteiger partial charge in [0.05, 0.1) is 31.7 Å². The van der Waals surface area contributed by atoms with Gasteiger partial charge in [0.25, 0.3) is 0 Å². The van der Waals surface area contributed by atoms with Crippen molar-refractivity contribution in [3.8, 4) is 11.5 Å². The Morgan fingerprint density at radius 2 is 1.91 bits per heavy atom. The maximum absolute atomic E-state index is 15.6. The summed E-state index contributed by atoms with van der Waals surface area (Å²) >= 11 is 0. The van der Waals surface area contributed by atoms with Crippen molar-refractivity contribution in [3.63, 3.8) is 0 Å². The van der Waals surface area contributed by atoms with E-state index in [-0.39, 0.29) is 29.5 Å². The molecular formula is C24H29FN4O5S. The molecule has 2 heterocycles. The Bertz CT molecular complexity index is 1260. The molecule has 0 saturated carbocycles. The largest absolute Gasteiger partial charge is 0.493 e. The van der Waals surface area contributed by atoms with Crippen molar-refractivity contribution in [3.05, 3.63) is 52.8 Å². The lowest BCUT2D eigenvalue weighted by molar-refractivity contribution is 0.184. The summed E-state index contributed by atoms with van der Waals surface area (Å²) in [7, 11) is 1.20. The van der Waals surface area contributed by atoms with Gasteiger partial charge in [-0.05, 0) is 38.0 Å². The minimum absolute atomic E-state index is 0.00662. The summed E-state index contributed by atoms with van der Waals surface area (Å²) < 4.78 is 50.4. The van der Waals surface area contributed by atoms with Crippen LogP contribution in [-0.4, -0.2) is 70.7 Å². The first-order chi connectivity index (χ1) is 16.7. The van der Waals surface area contributed by atoms with Crippen LogP contribution >= 0.6 is 0 Å². The highest BCUT2D eigenvalue weighted by Crippen LogP contribution is 2.38. The Morgan fingerprint density at radius 3 is 2.51 bits per heavy atom. The number of carbonyl (C=O) groups is 1. The van der Waals surface area contributed by atoms with Crippen molar-refractivity contribution >= 4 is 27.3 Å². The molecule has 2 aliphatic heterocycles. The highest BCUT2D eigenvalue weighted by Gasteiger charge is 2.31. The highest BCUT2D eigenvalue weighted by atomic mass is 32.2. The molecule has 4 rings (SSSR count). The number of hydrazone groups is 1. The fraction of sp³-hybridized carbons (Fsp3) is 0.417. The van der Waals surface area contributed by atoms with Crippen LogP contribution in [0.1, 0.15) is 30.0 Å². The van der Waals surface area contributed by atoms with Gasteiger partial charge in [-0.1, -0.05) is 12.1 Å². The van der Waals surface area contributed by atoms with Crippen LogP contribution in [-0.2, 0) is 16.3 Å². The van der Waals surface area contributed by atoms with Crippen LogP contribution in [0, 0.1) is 5.82 Å². The summed E-state index contributed by atoms with van der Waals surface area (Å²) in [6.45, 7) is 2.44. The van der Waals surface area contributed by atoms with E-state index in [0.29, 0.717) is 35.4 Å². The lowest BCUT2D eigenvalue weighted by Crippen LogP contribution is -2.41. The van der Waals surface area contributed by atoms with Crippen molar-refractivity contribution in [2.24, 2.45) is 5.10 Å². The molecule has 0 bridgehead atoms. The lowest BCUT2D eigenvalue weighted by Gasteiger charge is -2.28. The van der Waals surface area contributed by atoms with Gasteiger partial charge in [-0.15, -0.1) is 0 Å². The monoisotopic (exact) mass is 504 g/mol. The molecule has 1 fully saturated rings. The molecule has 1 atom stereocenters. The van der Waals surface area contributed by atoms with Crippen LogP contribution in [0.4, 0.5) is 14.9 Å². The Hall–Kier alpha value is -3.34. The third-order valence-corrected chi connectivity index (χ3v) is 7.87. The topological polar surface area (TPSA) is 101 Å². The molecule has 1 N–H and O–H groups in total. The summed E-state index contributed by atoms with van der Waals surface area (Å²) in [6, 6.07) is 8.04. The average molecular weight is 505 g/mol. The first kappa shape index (κ1) is 24.8. The number of fused-ring (bicyclic) bond motifs is 1. The standard InChI is InChI=1S/C24H29FN4O5S/c1-15-12-18-19(13-20(33-3)23(34-4)21(18)25)22(27-29(15)24(30)26-2)16-6-8-17(9-7-16)28-10-5-11-35(31,32)14-28/h6-9,13,15H,5,10-12,14H2,1-4H3,(H,26,30). The van der Waals surface area contributed by atoms with E-state index >= 15 is 4.39 Å². The van der Waals surface area contributed by atoms with Gasteiger partial charge in [-0.3, -0.25) is 0 Å². The van der Waals surface area contributed by atoms with Gasteiger partial charge < -0.3 is 19.7 Å². The van der Waals surface area contributed by atoms with Crippen LogP contribution in [0.15, 0.2) is 35.4 Å². The summed E-state index contributed by atoms with van der Waals surface area (Å²) in [5.74, 6) is -0.185. The third-order valence-electron chi connectivity index (χ3n) is 6.26. The van der Waals surface area contributed by atoms with Gasteiger partial charge in [-0.2, -0.15) is 5.10 Å². The Balaban J connectivity index is 1.83. The van der Waals surface area contributed by atoms with E-state index in [0.717, 1.165) is 5.69 Å². The van der Waals surface area contributed by atoms with Crippen LogP contribution in [0.3, 0.4) is 0 Å². The van der Waals surface area contributed by atoms with E-state index in [4.69, 9.17) is 9.47 Å². The SMILES string of the molecule is CNC(=O)N1N=C(c2ccc(N3CCCS(=O)(=O)C3)cc2)c2cc(OC)c(OC)c(F)c2CC1C. The molecule has 2 aliphatic rings. The van der Waals surface area contributed by atoms with E-state index in [9.17, 15) is 13.2 Å². The minimum Gasteiger partial charge on any atom is -0.493 e. The van der Waals surface area contributed by atoms with Gasteiger partial charge in [-0.25, -0.2) is 22.6 Å². The molecule has 0 aromatic heterocycles. The molecule has 0 radical (unpaired) electrons. The number of carbonyl (C=O) groups excluding carboxylic acids is 1. The number of benzene rings is 2. The Kier molecular flexibility index (Phi) is 6.88. The quantitative estimate of drug-likeness (QED) is 0.687. The highest BCUT2D eigenvalue weighted by molar-refractivity contribution is 7.91.